The average molecular weight is 260 g/mol. The second-order valence-electron chi connectivity index (χ2n) is 4.28. The van der Waals surface area contributed by atoms with Gasteiger partial charge in [-0.15, -0.1) is 0 Å². The summed E-state index contributed by atoms with van der Waals surface area (Å²) in [4.78, 5) is 11.8. The zero-order valence-corrected chi connectivity index (χ0v) is 10.6. The van der Waals surface area contributed by atoms with Gasteiger partial charge in [-0.05, 0) is 31.0 Å². The van der Waals surface area contributed by atoms with E-state index in [0.717, 1.165) is 5.56 Å². The number of aromatic amines is 1. The van der Waals surface area contributed by atoms with Crippen molar-refractivity contribution in [2.45, 2.75) is 13.3 Å². The first-order valence-electron chi connectivity index (χ1n) is 5.94. The van der Waals surface area contributed by atoms with Crippen LogP contribution in [0.25, 0.3) is 0 Å². The second-order valence-corrected chi connectivity index (χ2v) is 4.28. The van der Waals surface area contributed by atoms with Crippen LogP contribution in [0.3, 0.4) is 0 Å². The van der Waals surface area contributed by atoms with Crippen molar-refractivity contribution in [3.8, 4) is 5.75 Å². The van der Waals surface area contributed by atoms with E-state index in [-0.39, 0.29) is 17.4 Å². The molecule has 1 aromatic heterocycles. The van der Waals surface area contributed by atoms with Crippen LogP contribution in [0.15, 0.2) is 24.3 Å². The van der Waals surface area contributed by atoms with Crippen LogP contribution in [-0.4, -0.2) is 27.8 Å². The Morgan fingerprint density at radius 3 is 2.68 bits per heavy atom. The molecule has 100 valence electrons. The van der Waals surface area contributed by atoms with E-state index in [4.69, 9.17) is 10.8 Å². The number of H-pyrrole nitrogens is 1. The van der Waals surface area contributed by atoms with Gasteiger partial charge in [0.2, 0.25) is 0 Å². The molecule has 19 heavy (non-hydrogen) atoms. The van der Waals surface area contributed by atoms with Gasteiger partial charge >= 0.3 is 0 Å². The van der Waals surface area contributed by atoms with E-state index >= 15 is 0 Å². The number of phenolic OH excluding ortho intramolecular Hbond substituents is 1. The highest BCUT2D eigenvalue weighted by Crippen LogP contribution is 2.12. The molecule has 0 saturated heterocycles. The minimum atomic E-state index is -0.291. The third kappa shape index (κ3) is 3.04. The number of aryl methyl sites for hydroxylation is 1. The summed E-state index contributed by atoms with van der Waals surface area (Å²) in [6.45, 7) is 2.24. The molecule has 0 fully saturated rings. The highest BCUT2D eigenvalue weighted by molar-refractivity contribution is 5.97. The first kappa shape index (κ1) is 12.9. The number of nitrogens with two attached hydrogens (primary N) is 1. The maximum atomic E-state index is 11.8. The molecule has 0 bridgehead atoms. The fraction of sp³-hybridized carbons (Fsp3) is 0.231. The molecule has 1 amide bonds. The number of phenols is 1. The van der Waals surface area contributed by atoms with Gasteiger partial charge in [-0.1, -0.05) is 12.1 Å². The highest BCUT2D eigenvalue weighted by atomic mass is 16.3. The molecule has 0 saturated carbocycles. The number of aromatic hydroxyl groups is 1. The Morgan fingerprint density at radius 2 is 2.11 bits per heavy atom. The largest absolute Gasteiger partial charge is 0.508 e. The number of aromatic nitrogens is 2. The first-order chi connectivity index (χ1) is 9.08. The number of amides is 1. The predicted octanol–water partition coefficient (Wildman–Crippen LogP) is 0.978. The molecule has 0 spiro atoms. The number of carbonyl (C=O) groups excluding carboxylic acids is 1. The number of rotatable bonds is 4. The van der Waals surface area contributed by atoms with E-state index in [1.54, 1.807) is 19.1 Å². The first-order valence-corrected chi connectivity index (χ1v) is 5.94. The van der Waals surface area contributed by atoms with Gasteiger partial charge in [-0.25, -0.2) is 0 Å². The minimum absolute atomic E-state index is 0.225. The van der Waals surface area contributed by atoms with E-state index in [9.17, 15) is 4.79 Å². The topological polar surface area (TPSA) is 104 Å². The monoisotopic (exact) mass is 260 g/mol. The Balaban J connectivity index is 1.87. The number of carbonyl (C=O) groups is 1. The summed E-state index contributed by atoms with van der Waals surface area (Å²) in [5, 5.41) is 18.4. The van der Waals surface area contributed by atoms with Crippen LogP contribution in [0.4, 0.5) is 5.69 Å². The average Bonchev–Trinajstić information content (AvgIpc) is 2.72. The van der Waals surface area contributed by atoms with Crippen molar-refractivity contribution < 1.29 is 9.90 Å². The van der Waals surface area contributed by atoms with Crippen LogP contribution in [0.1, 0.15) is 21.7 Å². The van der Waals surface area contributed by atoms with E-state index in [2.05, 4.69) is 15.5 Å². The fourth-order valence-electron chi connectivity index (χ4n) is 1.68. The van der Waals surface area contributed by atoms with E-state index in [0.29, 0.717) is 24.3 Å². The molecule has 0 unspecified atom stereocenters. The smallest absolute Gasteiger partial charge is 0.273 e. The van der Waals surface area contributed by atoms with Crippen LogP contribution in [0, 0.1) is 6.92 Å². The highest BCUT2D eigenvalue weighted by Gasteiger charge is 2.14. The molecule has 1 heterocycles. The lowest BCUT2D eigenvalue weighted by Gasteiger charge is -2.04. The lowest BCUT2D eigenvalue weighted by molar-refractivity contribution is 0.0950. The third-order valence-corrected chi connectivity index (χ3v) is 2.85. The van der Waals surface area contributed by atoms with Crippen molar-refractivity contribution in [2.24, 2.45) is 0 Å². The Kier molecular flexibility index (Phi) is 3.70. The normalized spacial score (nSPS) is 10.4. The van der Waals surface area contributed by atoms with Gasteiger partial charge in [0.05, 0.1) is 11.4 Å². The quantitative estimate of drug-likeness (QED) is 0.657. The second kappa shape index (κ2) is 5.43. The molecule has 0 atom stereocenters. The van der Waals surface area contributed by atoms with Gasteiger partial charge in [0.25, 0.3) is 5.91 Å². The van der Waals surface area contributed by atoms with Crippen LogP contribution in [0.5, 0.6) is 5.75 Å². The molecule has 0 aliphatic rings. The van der Waals surface area contributed by atoms with Gasteiger partial charge in [0.1, 0.15) is 5.75 Å². The van der Waals surface area contributed by atoms with Crippen LogP contribution in [-0.2, 0) is 6.42 Å². The Morgan fingerprint density at radius 1 is 1.42 bits per heavy atom. The maximum Gasteiger partial charge on any atom is 0.273 e. The Labute approximate surface area is 110 Å². The van der Waals surface area contributed by atoms with Crippen LogP contribution < -0.4 is 11.1 Å². The van der Waals surface area contributed by atoms with E-state index in [1.807, 2.05) is 12.1 Å². The number of hydrogen-bond donors (Lipinski definition) is 4. The lowest BCUT2D eigenvalue weighted by atomic mass is 10.1. The molecule has 0 aliphatic carbocycles. The number of benzene rings is 1. The molecule has 1 aromatic carbocycles. The molecular weight excluding hydrogens is 244 g/mol. The van der Waals surface area contributed by atoms with Crippen molar-refractivity contribution in [1.82, 2.24) is 15.5 Å². The van der Waals surface area contributed by atoms with Gasteiger partial charge in [0, 0.05) is 6.54 Å². The summed E-state index contributed by atoms with van der Waals surface area (Å²) < 4.78 is 0. The standard InChI is InChI=1S/C13H16N4O2/c1-8-11(14)12(17-16-8)13(19)15-7-6-9-2-4-10(18)5-3-9/h2-5,18H,6-7,14H2,1H3,(H,15,19)(H,16,17). The molecule has 5 N–H and O–H groups in total. The molecule has 2 aromatic rings. The number of nitrogen functional groups attached to an aromatic ring is 1. The summed E-state index contributed by atoms with van der Waals surface area (Å²) in [7, 11) is 0. The van der Waals surface area contributed by atoms with Crippen LogP contribution >= 0.6 is 0 Å². The fourth-order valence-corrected chi connectivity index (χ4v) is 1.68. The maximum absolute atomic E-state index is 11.8. The molecule has 0 radical (unpaired) electrons. The van der Waals surface area contributed by atoms with Gasteiger partial charge in [-0.2, -0.15) is 5.10 Å². The van der Waals surface area contributed by atoms with Crippen molar-refractivity contribution >= 4 is 11.6 Å². The summed E-state index contributed by atoms with van der Waals surface area (Å²) in [6, 6.07) is 6.86. The Bertz CT molecular complexity index is 575. The lowest BCUT2D eigenvalue weighted by Crippen LogP contribution is -2.26. The SMILES string of the molecule is Cc1[nH]nc(C(=O)NCCc2ccc(O)cc2)c1N. The van der Waals surface area contributed by atoms with Gasteiger partial charge in [0.15, 0.2) is 5.69 Å². The summed E-state index contributed by atoms with van der Waals surface area (Å²) in [5.41, 5.74) is 8.04. The third-order valence-electron chi connectivity index (χ3n) is 2.85. The van der Waals surface area contributed by atoms with Crippen LogP contribution in [0.2, 0.25) is 0 Å². The predicted molar refractivity (Wildman–Crippen MR) is 71.9 cm³/mol. The Hall–Kier alpha value is -2.50. The molecule has 0 aliphatic heterocycles. The van der Waals surface area contributed by atoms with Crippen molar-refractivity contribution in [3.05, 3.63) is 41.2 Å². The van der Waals surface area contributed by atoms with Crippen molar-refractivity contribution in [2.75, 3.05) is 12.3 Å². The molecule has 6 heteroatoms. The number of nitrogens with one attached hydrogen (secondary N) is 2. The van der Waals surface area contributed by atoms with Gasteiger partial charge in [-0.3, -0.25) is 9.89 Å². The van der Waals surface area contributed by atoms with Gasteiger partial charge < -0.3 is 16.2 Å². The minimum Gasteiger partial charge on any atom is -0.508 e. The number of anilines is 1. The van der Waals surface area contributed by atoms with Crippen molar-refractivity contribution in [1.29, 1.82) is 0 Å². The summed E-state index contributed by atoms with van der Waals surface area (Å²) in [6.07, 6.45) is 0.676. The summed E-state index contributed by atoms with van der Waals surface area (Å²) >= 11 is 0. The zero-order chi connectivity index (χ0) is 13.8. The molecular formula is C13H16N4O2. The zero-order valence-electron chi connectivity index (χ0n) is 10.6. The number of hydrogen-bond acceptors (Lipinski definition) is 4. The van der Waals surface area contributed by atoms with Crippen molar-refractivity contribution in [3.63, 3.8) is 0 Å². The van der Waals surface area contributed by atoms with E-state index in [1.165, 1.54) is 0 Å². The molecule has 2 rings (SSSR count). The van der Waals surface area contributed by atoms with E-state index < -0.39 is 0 Å². The number of nitrogens with zero attached hydrogens (tertiary/aromatic N) is 1. The summed E-state index contributed by atoms with van der Waals surface area (Å²) in [5.74, 6) is -0.0619. The molecule has 6 nitrogen and oxygen atoms in total.